The molecule has 0 saturated carbocycles. The Bertz CT molecular complexity index is 751. The molecule has 0 aliphatic rings. The average Bonchev–Trinajstić information content (AvgIpc) is 3.09. The van der Waals surface area contributed by atoms with Crippen molar-refractivity contribution in [1.29, 1.82) is 0 Å². The lowest BCUT2D eigenvalue weighted by Gasteiger charge is -2.18. The first-order chi connectivity index (χ1) is 24.4. The lowest BCUT2D eigenvalue weighted by molar-refractivity contribution is -0.167. The van der Waals surface area contributed by atoms with Gasteiger partial charge in [-0.1, -0.05) is 201 Å². The zero-order valence-electron chi connectivity index (χ0n) is 33.9. The molecule has 296 valence electrons. The fourth-order valence-electron chi connectivity index (χ4n) is 6.45. The van der Waals surface area contributed by atoms with Crippen LogP contribution in [0, 0.1) is 5.92 Å². The van der Waals surface area contributed by atoms with Crippen molar-refractivity contribution in [2.45, 2.75) is 246 Å². The van der Waals surface area contributed by atoms with Crippen molar-refractivity contribution < 1.29 is 28.6 Å². The van der Waals surface area contributed by atoms with Gasteiger partial charge in [-0.15, -0.1) is 0 Å². The second kappa shape index (κ2) is 38.6. The number of carbonyl (C=O) groups is 3. The van der Waals surface area contributed by atoms with Gasteiger partial charge in [0, 0.05) is 19.3 Å². The highest BCUT2D eigenvalue weighted by Crippen LogP contribution is 2.16. The molecule has 0 aliphatic carbocycles. The summed E-state index contributed by atoms with van der Waals surface area (Å²) >= 11 is 0. The topological polar surface area (TPSA) is 78.9 Å². The average molecular weight is 709 g/mol. The van der Waals surface area contributed by atoms with E-state index >= 15 is 0 Å². The maximum absolute atomic E-state index is 12.7. The van der Waals surface area contributed by atoms with Gasteiger partial charge in [-0.2, -0.15) is 0 Å². The molecule has 6 nitrogen and oxygen atoms in total. The molecule has 0 radical (unpaired) electrons. The Balaban J connectivity index is 4.33. The maximum atomic E-state index is 12.7. The van der Waals surface area contributed by atoms with E-state index in [9.17, 15) is 14.4 Å². The SMILES string of the molecule is CCCCCCCCCCCCCC(=O)OC[C@H](COC(=O)CCCCCCCCCCC)OC(=O)CCCCCCCCCCCC(C)C. The smallest absolute Gasteiger partial charge is 0.306 e. The van der Waals surface area contributed by atoms with Crippen molar-refractivity contribution in [3.05, 3.63) is 0 Å². The summed E-state index contributed by atoms with van der Waals surface area (Å²) in [6.45, 7) is 8.94. The molecule has 0 heterocycles. The second-order valence-electron chi connectivity index (χ2n) is 15.5. The van der Waals surface area contributed by atoms with Gasteiger partial charge in [0.25, 0.3) is 0 Å². The molecule has 0 unspecified atom stereocenters. The van der Waals surface area contributed by atoms with Crippen LogP contribution in [-0.2, 0) is 28.6 Å². The molecule has 0 aliphatic heterocycles. The normalized spacial score (nSPS) is 11.9. The van der Waals surface area contributed by atoms with Gasteiger partial charge in [-0.25, -0.2) is 0 Å². The van der Waals surface area contributed by atoms with E-state index < -0.39 is 6.10 Å². The van der Waals surface area contributed by atoms with Crippen LogP contribution >= 0.6 is 0 Å². The van der Waals surface area contributed by atoms with Gasteiger partial charge in [0.05, 0.1) is 0 Å². The van der Waals surface area contributed by atoms with Crippen LogP contribution in [0.5, 0.6) is 0 Å². The van der Waals surface area contributed by atoms with Crippen LogP contribution in [0.4, 0.5) is 0 Å². The highest BCUT2D eigenvalue weighted by Gasteiger charge is 2.19. The van der Waals surface area contributed by atoms with Crippen LogP contribution in [-0.4, -0.2) is 37.2 Å². The van der Waals surface area contributed by atoms with E-state index in [1.54, 1.807) is 0 Å². The van der Waals surface area contributed by atoms with Gasteiger partial charge >= 0.3 is 17.9 Å². The fourth-order valence-corrected chi connectivity index (χ4v) is 6.45. The van der Waals surface area contributed by atoms with E-state index in [1.807, 2.05) is 0 Å². The van der Waals surface area contributed by atoms with Crippen molar-refractivity contribution in [1.82, 2.24) is 0 Å². The molecular formula is C44H84O6. The third kappa shape index (κ3) is 37.7. The molecule has 1 atom stereocenters. The maximum Gasteiger partial charge on any atom is 0.306 e. The summed E-state index contributed by atoms with van der Waals surface area (Å²) in [5.74, 6) is -0.0545. The summed E-state index contributed by atoms with van der Waals surface area (Å²) in [6, 6.07) is 0. The minimum absolute atomic E-state index is 0.0644. The summed E-state index contributed by atoms with van der Waals surface area (Å²) in [7, 11) is 0. The molecule has 0 N–H and O–H groups in total. The summed E-state index contributed by atoms with van der Waals surface area (Å²) < 4.78 is 16.7. The number of hydrogen-bond donors (Lipinski definition) is 0. The van der Waals surface area contributed by atoms with Crippen molar-refractivity contribution in [3.63, 3.8) is 0 Å². The monoisotopic (exact) mass is 709 g/mol. The van der Waals surface area contributed by atoms with Gasteiger partial charge in [0.2, 0.25) is 0 Å². The number of ether oxygens (including phenoxy) is 3. The third-order valence-corrected chi connectivity index (χ3v) is 9.79. The zero-order chi connectivity index (χ0) is 36.8. The van der Waals surface area contributed by atoms with Gasteiger partial charge in [0.1, 0.15) is 13.2 Å². The Hall–Kier alpha value is -1.59. The Labute approximate surface area is 310 Å². The van der Waals surface area contributed by atoms with Crippen molar-refractivity contribution in [2.75, 3.05) is 13.2 Å². The molecule has 0 saturated heterocycles. The quantitative estimate of drug-likeness (QED) is 0.0359. The minimum Gasteiger partial charge on any atom is -0.462 e. The van der Waals surface area contributed by atoms with Crippen LogP contribution in [0.3, 0.4) is 0 Å². The Morgan fingerprint density at radius 1 is 0.380 bits per heavy atom. The van der Waals surface area contributed by atoms with Crippen LogP contribution < -0.4 is 0 Å². The molecule has 6 heteroatoms. The zero-order valence-corrected chi connectivity index (χ0v) is 33.9. The number of hydrogen-bond acceptors (Lipinski definition) is 6. The second-order valence-corrected chi connectivity index (χ2v) is 15.5. The molecular weight excluding hydrogens is 624 g/mol. The molecule has 0 amide bonds. The van der Waals surface area contributed by atoms with Crippen LogP contribution in [0.25, 0.3) is 0 Å². The summed E-state index contributed by atoms with van der Waals surface area (Å²) in [5.41, 5.74) is 0. The molecule has 0 aromatic heterocycles. The van der Waals surface area contributed by atoms with Crippen molar-refractivity contribution >= 4 is 17.9 Å². The van der Waals surface area contributed by atoms with Crippen molar-refractivity contribution in [2.24, 2.45) is 5.92 Å². The standard InChI is InChI=1S/C44H84O6/c1-5-7-9-11-13-15-16-20-24-28-32-36-43(46)49-39-41(38-48-42(45)35-31-27-23-18-14-12-10-8-6-2)50-44(47)37-33-29-25-21-17-19-22-26-30-34-40(3)4/h40-41H,5-39H2,1-4H3/t41-/m0/s1. The van der Waals surface area contributed by atoms with E-state index in [0.717, 1.165) is 63.7 Å². The van der Waals surface area contributed by atoms with Gasteiger partial charge in [0.15, 0.2) is 6.10 Å². The van der Waals surface area contributed by atoms with Gasteiger partial charge < -0.3 is 14.2 Å². The Morgan fingerprint density at radius 3 is 0.980 bits per heavy atom. The lowest BCUT2D eigenvalue weighted by atomic mass is 10.0. The predicted molar refractivity (Wildman–Crippen MR) is 210 cm³/mol. The number of esters is 3. The predicted octanol–water partition coefficient (Wildman–Crippen LogP) is 13.6. The number of unbranched alkanes of at least 4 members (excludes halogenated alkanes) is 26. The Morgan fingerprint density at radius 2 is 0.660 bits per heavy atom. The largest absolute Gasteiger partial charge is 0.462 e. The van der Waals surface area contributed by atoms with Crippen LogP contribution in [0.2, 0.25) is 0 Å². The summed E-state index contributed by atoms with van der Waals surface area (Å²) in [6.07, 6.45) is 36.6. The number of rotatable bonds is 39. The van der Waals surface area contributed by atoms with E-state index in [4.69, 9.17) is 14.2 Å². The molecule has 0 aromatic rings. The van der Waals surface area contributed by atoms with Crippen LogP contribution in [0.1, 0.15) is 240 Å². The van der Waals surface area contributed by atoms with E-state index in [2.05, 4.69) is 27.7 Å². The highest BCUT2D eigenvalue weighted by molar-refractivity contribution is 5.71. The van der Waals surface area contributed by atoms with Crippen molar-refractivity contribution in [3.8, 4) is 0 Å². The van der Waals surface area contributed by atoms with Crippen LogP contribution in [0.15, 0.2) is 0 Å². The lowest BCUT2D eigenvalue weighted by Crippen LogP contribution is -2.30. The Kier molecular flexibility index (Phi) is 37.4. The van der Waals surface area contributed by atoms with Gasteiger partial charge in [-0.3, -0.25) is 14.4 Å². The third-order valence-electron chi connectivity index (χ3n) is 9.79. The molecule has 50 heavy (non-hydrogen) atoms. The summed E-state index contributed by atoms with van der Waals surface area (Å²) in [5, 5.41) is 0. The van der Waals surface area contributed by atoms with Gasteiger partial charge in [-0.05, 0) is 25.2 Å². The minimum atomic E-state index is -0.758. The first-order valence-electron chi connectivity index (χ1n) is 21.9. The molecule has 0 bridgehead atoms. The first kappa shape index (κ1) is 48.4. The molecule has 0 fully saturated rings. The molecule has 0 aromatic carbocycles. The number of carbonyl (C=O) groups excluding carboxylic acids is 3. The fraction of sp³-hybridized carbons (Fsp3) is 0.932. The van der Waals surface area contributed by atoms with E-state index in [-0.39, 0.29) is 31.1 Å². The van der Waals surface area contributed by atoms with E-state index in [1.165, 1.54) is 135 Å². The van der Waals surface area contributed by atoms with E-state index in [0.29, 0.717) is 19.3 Å². The molecule has 0 rings (SSSR count). The first-order valence-corrected chi connectivity index (χ1v) is 21.9. The summed E-state index contributed by atoms with van der Waals surface area (Å²) in [4.78, 5) is 37.6. The molecule has 0 spiro atoms. The highest BCUT2D eigenvalue weighted by atomic mass is 16.6.